The highest BCUT2D eigenvalue weighted by atomic mass is 35.5. The quantitative estimate of drug-likeness (QED) is 0.922. The van der Waals surface area contributed by atoms with E-state index in [0.29, 0.717) is 22.4 Å². The molecule has 1 N–H and O–H groups in total. The molecule has 0 unspecified atom stereocenters. The Bertz CT molecular complexity index is 684. The van der Waals surface area contributed by atoms with Crippen LogP contribution in [0.15, 0.2) is 22.7 Å². The monoisotopic (exact) mass is 322 g/mol. The first-order valence-corrected chi connectivity index (χ1v) is 7.27. The number of nitrogens with one attached hydrogen (secondary N) is 1. The van der Waals surface area contributed by atoms with E-state index >= 15 is 0 Å². The number of aryl methyl sites for hydroxylation is 3. The molecule has 1 aromatic heterocycles. The SMILES string of the molecule is Cc1cc(NC(=O)C(C)(C)Oc2cc(C)c(Cl)c(C)c2)no1. The van der Waals surface area contributed by atoms with Gasteiger partial charge in [-0.25, -0.2) is 0 Å². The number of hydrogen-bond acceptors (Lipinski definition) is 4. The van der Waals surface area contributed by atoms with Crippen molar-refractivity contribution < 1.29 is 14.1 Å². The van der Waals surface area contributed by atoms with Gasteiger partial charge in [-0.1, -0.05) is 16.8 Å². The molecule has 0 radical (unpaired) electrons. The second-order valence-corrected chi connectivity index (χ2v) is 6.14. The van der Waals surface area contributed by atoms with Gasteiger partial charge in [0.1, 0.15) is 11.5 Å². The zero-order valence-corrected chi connectivity index (χ0v) is 14.0. The molecule has 1 heterocycles. The molecule has 6 heteroatoms. The highest BCUT2D eigenvalue weighted by Crippen LogP contribution is 2.28. The number of carbonyl (C=O) groups is 1. The summed E-state index contributed by atoms with van der Waals surface area (Å²) >= 11 is 6.14. The van der Waals surface area contributed by atoms with Crippen LogP contribution in [-0.2, 0) is 4.79 Å². The van der Waals surface area contributed by atoms with E-state index in [1.807, 2.05) is 26.0 Å². The number of anilines is 1. The molecule has 0 saturated carbocycles. The van der Waals surface area contributed by atoms with Crippen molar-refractivity contribution in [2.45, 2.75) is 40.2 Å². The van der Waals surface area contributed by atoms with Crippen molar-refractivity contribution in [2.24, 2.45) is 0 Å². The lowest BCUT2D eigenvalue weighted by molar-refractivity contribution is -0.128. The van der Waals surface area contributed by atoms with Gasteiger partial charge in [0.05, 0.1) is 0 Å². The lowest BCUT2D eigenvalue weighted by atomic mass is 10.1. The van der Waals surface area contributed by atoms with Gasteiger partial charge in [0.2, 0.25) is 0 Å². The van der Waals surface area contributed by atoms with Crippen LogP contribution < -0.4 is 10.1 Å². The fourth-order valence-corrected chi connectivity index (χ4v) is 2.11. The van der Waals surface area contributed by atoms with Crippen molar-refractivity contribution in [3.63, 3.8) is 0 Å². The number of hydrogen-bond donors (Lipinski definition) is 1. The van der Waals surface area contributed by atoms with Crippen LogP contribution in [0.5, 0.6) is 5.75 Å². The molecule has 0 aliphatic rings. The van der Waals surface area contributed by atoms with E-state index in [4.69, 9.17) is 20.9 Å². The molecule has 0 aliphatic heterocycles. The first-order chi connectivity index (χ1) is 10.2. The van der Waals surface area contributed by atoms with Crippen molar-refractivity contribution in [1.29, 1.82) is 0 Å². The van der Waals surface area contributed by atoms with Crippen LogP contribution in [0.25, 0.3) is 0 Å². The van der Waals surface area contributed by atoms with E-state index in [9.17, 15) is 4.79 Å². The summed E-state index contributed by atoms with van der Waals surface area (Å²) in [6, 6.07) is 5.26. The largest absolute Gasteiger partial charge is 0.478 e. The minimum absolute atomic E-state index is 0.314. The standard InChI is InChI=1S/C16H19ClN2O3/c1-9-6-12(7-10(2)14(9)17)21-16(4,5)15(20)18-13-8-11(3)22-19-13/h6-8H,1-5H3,(H,18,19,20). The Labute approximate surface area is 134 Å². The van der Waals surface area contributed by atoms with Crippen molar-refractivity contribution >= 4 is 23.3 Å². The van der Waals surface area contributed by atoms with Gasteiger partial charge in [-0.3, -0.25) is 4.79 Å². The predicted octanol–water partition coefficient (Wildman–Crippen LogP) is 4.05. The molecule has 0 atom stereocenters. The van der Waals surface area contributed by atoms with Crippen LogP contribution in [0, 0.1) is 20.8 Å². The Morgan fingerprint density at radius 1 is 1.23 bits per heavy atom. The van der Waals surface area contributed by atoms with Gasteiger partial charge in [0.15, 0.2) is 11.4 Å². The molecule has 2 rings (SSSR count). The molecular formula is C16H19ClN2O3. The summed E-state index contributed by atoms with van der Waals surface area (Å²) in [6.07, 6.45) is 0. The second-order valence-electron chi connectivity index (χ2n) is 5.76. The normalized spacial score (nSPS) is 11.4. The minimum atomic E-state index is -1.07. The van der Waals surface area contributed by atoms with E-state index in [-0.39, 0.29) is 5.91 Å². The second kappa shape index (κ2) is 6.01. The van der Waals surface area contributed by atoms with Gasteiger partial charge in [-0.05, 0) is 57.9 Å². The first-order valence-electron chi connectivity index (χ1n) is 6.89. The number of ether oxygens (including phenoxy) is 1. The van der Waals surface area contributed by atoms with Gasteiger partial charge >= 0.3 is 0 Å². The Hall–Kier alpha value is -2.01. The lowest BCUT2D eigenvalue weighted by Crippen LogP contribution is -2.42. The molecule has 5 nitrogen and oxygen atoms in total. The molecule has 0 spiro atoms. The third-order valence-corrected chi connectivity index (χ3v) is 3.80. The highest BCUT2D eigenvalue weighted by Gasteiger charge is 2.31. The summed E-state index contributed by atoms with van der Waals surface area (Å²) in [5.74, 6) is 1.27. The molecule has 0 fully saturated rings. The summed E-state index contributed by atoms with van der Waals surface area (Å²) < 4.78 is 10.8. The third kappa shape index (κ3) is 3.60. The zero-order chi connectivity index (χ0) is 16.5. The van der Waals surface area contributed by atoms with Gasteiger partial charge in [0, 0.05) is 11.1 Å². The average Bonchev–Trinajstić information content (AvgIpc) is 2.80. The number of halogens is 1. The highest BCUT2D eigenvalue weighted by molar-refractivity contribution is 6.32. The molecular weight excluding hydrogens is 304 g/mol. The topological polar surface area (TPSA) is 64.4 Å². The molecule has 118 valence electrons. The minimum Gasteiger partial charge on any atom is -0.478 e. The fourth-order valence-electron chi connectivity index (χ4n) is 2.00. The summed E-state index contributed by atoms with van der Waals surface area (Å²) in [5, 5.41) is 7.11. The molecule has 0 bridgehead atoms. The van der Waals surface area contributed by atoms with Crippen LogP contribution in [0.4, 0.5) is 5.82 Å². The molecule has 22 heavy (non-hydrogen) atoms. The average molecular weight is 323 g/mol. The number of benzene rings is 1. The van der Waals surface area contributed by atoms with Crippen LogP contribution >= 0.6 is 11.6 Å². The van der Waals surface area contributed by atoms with E-state index in [2.05, 4.69) is 10.5 Å². The summed E-state index contributed by atoms with van der Waals surface area (Å²) in [5.41, 5.74) is 0.736. The van der Waals surface area contributed by atoms with Crippen LogP contribution in [0.3, 0.4) is 0 Å². The molecule has 1 amide bonds. The predicted molar refractivity (Wildman–Crippen MR) is 85.5 cm³/mol. The number of aromatic nitrogens is 1. The smallest absolute Gasteiger partial charge is 0.269 e. The molecule has 0 saturated heterocycles. The Kier molecular flexibility index (Phi) is 4.47. The molecule has 0 aliphatic carbocycles. The molecule has 1 aromatic carbocycles. The number of carbonyl (C=O) groups excluding carboxylic acids is 1. The number of nitrogens with zero attached hydrogens (tertiary/aromatic N) is 1. The number of rotatable bonds is 4. The lowest BCUT2D eigenvalue weighted by Gasteiger charge is -2.25. The van der Waals surface area contributed by atoms with Gasteiger partial charge < -0.3 is 14.6 Å². The van der Waals surface area contributed by atoms with Crippen molar-refractivity contribution in [2.75, 3.05) is 5.32 Å². The van der Waals surface area contributed by atoms with Gasteiger partial charge in [-0.2, -0.15) is 0 Å². The maximum absolute atomic E-state index is 12.3. The Balaban J connectivity index is 2.14. The zero-order valence-electron chi connectivity index (χ0n) is 13.3. The fraction of sp³-hybridized carbons (Fsp3) is 0.375. The van der Waals surface area contributed by atoms with Crippen molar-refractivity contribution in [3.8, 4) is 5.75 Å². The number of amides is 1. The third-order valence-electron chi connectivity index (χ3n) is 3.20. The van der Waals surface area contributed by atoms with E-state index in [1.165, 1.54) is 0 Å². The van der Waals surface area contributed by atoms with E-state index < -0.39 is 5.60 Å². The van der Waals surface area contributed by atoms with Gasteiger partial charge in [-0.15, -0.1) is 0 Å². The van der Waals surface area contributed by atoms with Crippen LogP contribution in [0.1, 0.15) is 30.7 Å². The maximum Gasteiger partial charge on any atom is 0.269 e. The van der Waals surface area contributed by atoms with Gasteiger partial charge in [0.25, 0.3) is 5.91 Å². The van der Waals surface area contributed by atoms with Crippen LogP contribution in [-0.4, -0.2) is 16.7 Å². The Morgan fingerprint density at radius 2 is 1.82 bits per heavy atom. The summed E-state index contributed by atoms with van der Waals surface area (Å²) in [7, 11) is 0. The van der Waals surface area contributed by atoms with Crippen LogP contribution in [0.2, 0.25) is 5.02 Å². The first kappa shape index (κ1) is 16.4. The molecule has 2 aromatic rings. The summed E-state index contributed by atoms with van der Waals surface area (Å²) in [6.45, 7) is 8.92. The Morgan fingerprint density at radius 3 is 2.32 bits per heavy atom. The maximum atomic E-state index is 12.3. The van der Waals surface area contributed by atoms with E-state index in [1.54, 1.807) is 26.8 Å². The van der Waals surface area contributed by atoms with Crippen molar-refractivity contribution in [1.82, 2.24) is 5.16 Å². The van der Waals surface area contributed by atoms with Crippen molar-refractivity contribution in [3.05, 3.63) is 40.1 Å². The summed E-state index contributed by atoms with van der Waals surface area (Å²) in [4.78, 5) is 12.3. The van der Waals surface area contributed by atoms with E-state index in [0.717, 1.165) is 11.1 Å².